The number of aryl methyl sites for hydroxylation is 1. The van der Waals surface area contributed by atoms with Crippen LogP contribution in [0.2, 0.25) is 0 Å². The van der Waals surface area contributed by atoms with E-state index in [1.165, 1.54) is 32.1 Å². The molecule has 5 nitrogen and oxygen atoms in total. The molecule has 1 aliphatic carbocycles. The van der Waals surface area contributed by atoms with E-state index >= 15 is 0 Å². The molecular weight excluding hydrogens is 244 g/mol. The minimum Gasteiger partial charge on any atom is -0.449 e. The highest BCUT2D eigenvalue weighted by molar-refractivity contribution is 5.67. The van der Waals surface area contributed by atoms with Gasteiger partial charge in [0.1, 0.15) is 6.26 Å². The fourth-order valence-electron chi connectivity index (χ4n) is 2.43. The zero-order valence-corrected chi connectivity index (χ0v) is 11.3. The number of amides is 1. The Bertz CT molecular complexity index is 359. The minimum absolute atomic E-state index is 0.295. The Labute approximate surface area is 113 Å². The van der Waals surface area contributed by atoms with Crippen molar-refractivity contribution in [2.45, 2.75) is 44.9 Å². The molecule has 0 saturated heterocycles. The van der Waals surface area contributed by atoms with E-state index in [0.29, 0.717) is 19.1 Å². The number of alkyl carbamates (subject to hydrolysis) is 1. The number of nitrogens with one attached hydrogen (secondary N) is 1. The van der Waals surface area contributed by atoms with Crippen LogP contribution in [0.15, 0.2) is 17.0 Å². The Morgan fingerprint density at radius 2 is 2.26 bits per heavy atom. The van der Waals surface area contributed by atoms with Crippen molar-refractivity contribution < 1.29 is 14.1 Å². The number of hydrogen-bond acceptors (Lipinski definition) is 4. The van der Waals surface area contributed by atoms with Crippen LogP contribution in [0.1, 0.15) is 44.1 Å². The summed E-state index contributed by atoms with van der Waals surface area (Å²) in [5, 5.41) is 6.40. The smallest absolute Gasteiger partial charge is 0.407 e. The van der Waals surface area contributed by atoms with Crippen molar-refractivity contribution in [1.82, 2.24) is 10.5 Å². The van der Waals surface area contributed by atoms with Gasteiger partial charge in [-0.05, 0) is 31.6 Å². The van der Waals surface area contributed by atoms with Gasteiger partial charge in [0.15, 0.2) is 0 Å². The molecule has 106 valence electrons. The first-order valence-corrected chi connectivity index (χ1v) is 7.13. The van der Waals surface area contributed by atoms with Crippen LogP contribution >= 0.6 is 0 Å². The second-order valence-corrected chi connectivity index (χ2v) is 5.17. The molecule has 0 unspecified atom stereocenters. The highest BCUT2D eigenvalue weighted by Crippen LogP contribution is 2.23. The molecule has 0 bridgehead atoms. The van der Waals surface area contributed by atoms with Crippen molar-refractivity contribution >= 4 is 6.09 Å². The number of hydrogen-bond donors (Lipinski definition) is 1. The topological polar surface area (TPSA) is 64.4 Å². The molecule has 1 aliphatic rings. The molecule has 1 heterocycles. The highest BCUT2D eigenvalue weighted by atomic mass is 16.5. The average Bonchev–Trinajstić information content (AvgIpc) is 2.96. The monoisotopic (exact) mass is 266 g/mol. The Balaban J connectivity index is 1.49. The summed E-state index contributed by atoms with van der Waals surface area (Å²) in [6.07, 6.45) is 11.0. The quantitative estimate of drug-likeness (QED) is 0.804. The Morgan fingerprint density at radius 1 is 1.42 bits per heavy atom. The number of carbonyl (C=O) groups is 1. The van der Waals surface area contributed by atoms with Crippen LogP contribution in [-0.4, -0.2) is 24.4 Å². The summed E-state index contributed by atoms with van der Waals surface area (Å²) in [7, 11) is 0. The van der Waals surface area contributed by atoms with Gasteiger partial charge in [0.2, 0.25) is 0 Å². The van der Waals surface area contributed by atoms with Crippen LogP contribution in [0.25, 0.3) is 0 Å². The maximum atomic E-state index is 11.5. The Morgan fingerprint density at radius 3 is 3.00 bits per heavy atom. The molecule has 0 radical (unpaired) electrons. The van der Waals surface area contributed by atoms with Crippen molar-refractivity contribution in [1.29, 1.82) is 0 Å². The van der Waals surface area contributed by atoms with E-state index in [1.807, 2.05) is 0 Å². The lowest BCUT2D eigenvalue weighted by molar-refractivity contribution is 0.116. The van der Waals surface area contributed by atoms with E-state index in [2.05, 4.69) is 10.5 Å². The van der Waals surface area contributed by atoms with Crippen LogP contribution in [0, 0.1) is 5.92 Å². The molecule has 0 spiro atoms. The van der Waals surface area contributed by atoms with Crippen LogP contribution in [-0.2, 0) is 11.2 Å². The summed E-state index contributed by atoms with van der Waals surface area (Å²) in [5.74, 6) is 0.566. The molecule has 1 N–H and O–H groups in total. The van der Waals surface area contributed by atoms with E-state index < -0.39 is 0 Å². The van der Waals surface area contributed by atoms with Gasteiger partial charge in [-0.2, -0.15) is 0 Å². The number of nitrogens with zero attached hydrogens (tertiary/aromatic N) is 1. The summed E-state index contributed by atoms with van der Waals surface area (Å²) < 4.78 is 9.97. The van der Waals surface area contributed by atoms with Crippen molar-refractivity contribution in [2.75, 3.05) is 13.2 Å². The number of rotatable bonds is 6. The third-order valence-electron chi connectivity index (χ3n) is 3.57. The molecule has 5 heteroatoms. The predicted molar refractivity (Wildman–Crippen MR) is 70.7 cm³/mol. The lowest BCUT2D eigenvalue weighted by Crippen LogP contribution is -2.28. The van der Waals surface area contributed by atoms with Crippen LogP contribution in [0.4, 0.5) is 4.79 Å². The molecule has 2 rings (SSSR count). The van der Waals surface area contributed by atoms with E-state index in [0.717, 1.165) is 18.4 Å². The van der Waals surface area contributed by atoms with Crippen molar-refractivity contribution in [2.24, 2.45) is 5.92 Å². The summed E-state index contributed by atoms with van der Waals surface area (Å²) >= 11 is 0. The second-order valence-electron chi connectivity index (χ2n) is 5.17. The molecule has 1 amide bonds. The van der Waals surface area contributed by atoms with Crippen molar-refractivity contribution in [3.05, 3.63) is 18.0 Å². The van der Waals surface area contributed by atoms with Gasteiger partial charge in [-0.1, -0.05) is 24.4 Å². The standard InChI is InChI=1S/C14H22N2O3/c17-14(18-10-12-5-2-1-3-6-12)15-8-4-7-13-9-16-19-11-13/h9,11-12H,1-8,10H2,(H,15,17). The number of ether oxygens (including phenoxy) is 1. The van der Waals surface area contributed by atoms with Crippen molar-refractivity contribution in [3.8, 4) is 0 Å². The van der Waals surface area contributed by atoms with E-state index in [9.17, 15) is 4.79 Å². The van der Waals surface area contributed by atoms with Crippen LogP contribution < -0.4 is 5.32 Å². The molecule has 0 atom stereocenters. The highest BCUT2D eigenvalue weighted by Gasteiger charge is 2.15. The molecule has 1 aromatic rings. The molecular formula is C14H22N2O3. The predicted octanol–water partition coefficient (Wildman–Crippen LogP) is 2.91. The lowest BCUT2D eigenvalue weighted by atomic mass is 9.90. The van der Waals surface area contributed by atoms with Crippen LogP contribution in [0.5, 0.6) is 0 Å². The number of carbonyl (C=O) groups excluding carboxylic acids is 1. The number of aromatic nitrogens is 1. The molecule has 1 fully saturated rings. The summed E-state index contributed by atoms with van der Waals surface area (Å²) in [6.45, 7) is 1.19. The van der Waals surface area contributed by atoms with Crippen LogP contribution in [0.3, 0.4) is 0 Å². The van der Waals surface area contributed by atoms with Gasteiger partial charge in [0, 0.05) is 12.1 Å². The van der Waals surface area contributed by atoms with E-state index in [4.69, 9.17) is 9.26 Å². The molecule has 1 saturated carbocycles. The Hall–Kier alpha value is -1.52. The van der Waals surface area contributed by atoms with Gasteiger partial charge < -0.3 is 14.6 Å². The largest absolute Gasteiger partial charge is 0.449 e. The second kappa shape index (κ2) is 7.81. The molecule has 19 heavy (non-hydrogen) atoms. The van der Waals surface area contributed by atoms with Gasteiger partial charge in [0.25, 0.3) is 0 Å². The maximum Gasteiger partial charge on any atom is 0.407 e. The molecule has 0 aliphatic heterocycles. The third-order valence-corrected chi connectivity index (χ3v) is 3.57. The maximum absolute atomic E-state index is 11.5. The summed E-state index contributed by atoms with van der Waals surface area (Å²) in [5.41, 5.74) is 1.05. The van der Waals surface area contributed by atoms with Crippen molar-refractivity contribution in [3.63, 3.8) is 0 Å². The van der Waals surface area contributed by atoms with Gasteiger partial charge in [-0.25, -0.2) is 4.79 Å². The fourth-order valence-corrected chi connectivity index (χ4v) is 2.43. The van der Waals surface area contributed by atoms with Gasteiger partial charge in [0.05, 0.1) is 12.8 Å². The zero-order chi connectivity index (χ0) is 13.3. The first-order valence-electron chi connectivity index (χ1n) is 7.13. The van der Waals surface area contributed by atoms with Gasteiger partial charge in [-0.15, -0.1) is 0 Å². The molecule has 1 aromatic heterocycles. The first kappa shape index (κ1) is 13.9. The Kier molecular flexibility index (Phi) is 5.72. The summed E-state index contributed by atoms with van der Waals surface area (Å²) in [6, 6.07) is 0. The minimum atomic E-state index is -0.295. The SMILES string of the molecule is O=C(NCCCc1cnoc1)OCC1CCCCC1. The van der Waals surface area contributed by atoms with Gasteiger partial charge in [-0.3, -0.25) is 0 Å². The zero-order valence-electron chi connectivity index (χ0n) is 11.3. The van der Waals surface area contributed by atoms with Gasteiger partial charge >= 0.3 is 6.09 Å². The van der Waals surface area contributed by atoms with E-state index in [1.54, 1.807) is 12.5 Å². The lowest BCUT2D eigenvalue weighted by Gasteiger charge is -2.21. The normalized spacial score (nSPS) is 16.2. The molecule has 0 aromatic carbocycles. The summed E-state index contributed by atoms with van der Waals surface area (Å²) in [4.78, 5) is 11.5. The fraction of sp³-hybridized carbons (Fsp3) is 0.714. The third kappa shape index (κ3) is 5.32. The first-order chi connectivity index (χ1) is 9.34. The van der Waals surface area contributed by atoms with E-state index in [-0.39, 0.29) is 6.09 Å². The average molecular weight is 266 g/mol.